The summed E-state index contributed by atoms with van der Waals surface area (Å²) in [4.78, 5) is 15.3. The highest BCUT2D eigenvalue weighted by Gasteiger charge is 2.11. The molecule has 4 heteroatoms. The molecule has 0 fully saturated rings. The number of hydrogen-bond acceptors (Lipinski definition) is 4. The van der Waals surface area contributed by atoms with Gasteiger partial charge in [0.05, 0.1) is 5.56 Å². The Hall–Kier alpha value is -1.42. The summed E-state index contributed by atoms with van der Waals surface area (Å²) in [6, 6.07) is 1.76. The van der Waals surface area contributed by atoms with Crippen LogP contribution in [-0.2, 0) is 0 Å². The molecule has 1 aromatic rings. The standard InChI is InChI=1S/C9H13N3O/c1-6-3-5-12-9(11)8(6)7(13)2-4-10/h3,5H,2,4,10H2,1H3,(H2,11,12). The SMILES string of the molecule is Cc1ccnc(N)c1C(=O)CCN. The number of Topliss-reactive ketones (excluding diaryl/α,β-unsaturated/α-hetero) is 1. The van der Waals surface area contributed by atoms with Crippen LogP contribution in [0.25, 0.3) is 0 Å². The number of nitrogen functional groups attached to an aromatic ring is 1. The van der Waals surface area contributed by atoms with Gasteiger partial charge in [-0.15, -0.1) is 0 Å². The van der Waals surface area contributed by atoms with Crippen molar-refractivity contribution in [1.29, 1.82) is 0 Å². The van der Waals surface area contributed by atoms with Crippen LogP contribution in [0.2, 0.25) is 0 Å². The maximum Gasteiger partial charge on any atom is 0.168 e. The first kappa shape index (κ1) is 9.67. The van der Waals surface area contributed by atoms with Crippen LogP contribution in [0.1, 0.15) is 22.3 Å². The fourth-order valence-electron chi connectivity index (χ4n) is 1.20. The molecular formula is C9H13N3O. The second-order valence-corrected chi connectivity index (χ2v) is 2.85. The van der Waals surface area contributed by atoms with Gasteiger partial charge < -0.3 is 11.5 Å². The molecule has 70 valence electrons. The summed E-state index contributed by atoms with van der Waals surface area (Å²) in [5, 5.41) is 0. The van der Waals surface area contributed by atoms with Crippen LogP contribution in [0.15, 0.2) is 12.3 Å². The van der Waals surface area contributed by atoms with Gasteiger partial charge in [0.1, 0.15) is 5.82 Å². The van der Waals surface area contributed by atoms with Gasteiger partial charge in [-0.3, -0.25) is 4.79 Å². The first-order valence-corrected chi connectivity index (χ1v) is 4.11. The van der Waals surface area contributed by atoms with Gasteiger partial charge >= 0.3 is 0 Å². The lowest BCUT2D eigenvalue weighted by Crippen LogP contribution is -2.12. The molecule has 1 rings (SSSR count). The molecule has 1 heterocycles. The Balaban J connectivity index is 3.05. The van der Waals surface area contributed by atoms with Crippen molar-refractivity contribution < 1.29 is 4.79 Å². The van der Waals surface area contributed by atoms with E-state index >= 15 is 0 Å². The van der Waals surface area contributed by atoms with Gasteiger partial charge in [0.25, 0.3) is 0 Å². The maximum absolute atomic E-state index is 11.5. The highest BCUT2D eigenvalue weighted by Crippen LogP contribution is 2.14. The third-order valence-electron chi connectivity index (χ3n) is 1.84. The zero-order chi connectivity index (χ0) is 9.84. The molecule has 13 heavy (non-hydrogen) atoms. The lowest BCUT2D eigenvalue weighted by atomic mass is 10.0. The fraction of sp³-hybridized carbons (Fsp3) is 0.333. The topological polar surface area (TPSA) is 82.0 Å². The highest BCUT2D eigenvalue weighted by atomic mass is 16.1. The second-order valence-electron chi connectivity index (χ2n) is 2.85. The van der Waals surface area contributed by atoms with Crippen LogP contribution >= 0.6 is 0 Å². The molecule has 0 aliphatic rings. The van der Waals surface area contributed by atoms with Crippen molar-refractivity contribution in [1.82, 2.24) is 4.98 Å². The number of ketones is 1. The molecule has 4 nitrogen and oxygen atoms in total. The van der Waals surface area contributed by atoms with Gasteiger partial charge in [-0.05, 0) is 25.1 Å². The summed E-state index contributed by atoms with van der Waals surface area (Å²) in [6.07, 6.45) is 1.90. The van der Waals surface area contributed by atoms with E-state index in [1.807, 2.05) is 6.92 Å². The van der Waals surface area contributed by atoms with Crippen LogP contribution < -0.4 is 11.5 Å². The minimum absolute atomic E-state index is 0.0365. The summed E-state index contributed by atoms with van der Waals surface area (Å²) in [5.41, 5.74) is 12.2. The molecule has 0 spiro atoms. The molecule has 0 saturated carbocycles. The zero-order valence-electron chi connectivity index (χ0n) is 7.58. The van der Waals surface area contributed by atoms with E-state index in [0.29, 0.717) is 24.3 Å². The molecule has 0 aliphatic carbocycles. The van der Waals surface area contributed by atoms with Crippen molar-refractivity contribution >= 4 is 11.6 Å². The minimum Gasteiger partial charge on any atom is -0.383 e. The molecule has 0 aromatic carbocycles. The summed E-state index contributed by atoms with van der Waals surface area (Å²) in [7, 11) is 0. The summed E-state index contributed by atoms with van der Waals surface area (Å²) in [6.45, 7) is 2.17. The van der Waals surface area contributed by atoms with E-state index in [9.17, 15) is 4.79 Å². The maximum atomic E-state index is 11.5. The van der Waals surface area contributed by atoms with E-state index in [1.165, 1.54) is 0 Å². The molecule has 0 aliphatic heterocycles. The highest BCUT2D eigenvalue weighted by molar-refractivity contribution is 6.01. The van der Waals surface area contributed by atoms with Gasteiger partial charge in [-0.25, -0.2) is 4.98 Å². The normalized spacial score (nSPS) is 10.0. The Bertz CT molecular complexity index is 302. The first-order valence-electron chi connectivity index (χ1n) is 4.11. The van der Waals surface area contributed by atoms with Gasteiger partial charge in [0.15, 0.2) is 5.78 Å². The number of rotatable bonds is 3. The zero-order valence-corrected chi connectivity index (χ0v) is 7.58. The van der Waals surface area contributed by atoms with Crippen LogP contribution in [0.3, 0.4) is 0 Å². The lowest BCUT2D eigenvalue weighted by molar-refractivity contribution is 0.0985. The third kappa shape index (κ3) is 2.03. The van der Waals surface area contributed by atoms with Crippen LogP contribution in [0, 0.1) is 6.92 Å². The number of pyridine rings is 1. The van der Waals surface area contributed by atoms with E-state index in [1.54, 1.807) is 12.3 Å². The van der Waals surface area contributed by atoms with Crippen molar-refractivity contribution in [3.8, 4) is 0 Å². The number of hydrogen-bond donors (Lipinski definition) is 2. The van der Waals surface area contributed by atoms with Crippen molar-refractivity contribution in [2.75, 3.05) is 12.3 Å². The quantitative estimate of drug-likeness (QED) is 0.662. The fourth-order valence-corrected chi connectivity index (χ4v) is 1.20. The van der Waals surface area contributed by atoms with Crippen molar-refractivity contribution in [2.24, 2.45) is 5.73 Å². The lowest BCUT2D eigenvalue weighted by Gasteiger charge is -2.05. The Kier molecular flexibility index (Phi) is 2.97. The number of nitrogens with zero attached hydrogens (tertiary/aromatic N) is 1. The van der Waals surface area contributed by atoms with Crippen LogP contribution in [0.4, 0.5) is 5.82 Å². The molecule has 0 amide bonds. The van der Waals surface area contributed by atoms with Crippen LogP contribution in [0.5, 0.6) is 0 Å². The van der Waals surface area contributed by atoms with Crippen molar-refractivity contribution in [2.45, 2.75) is 13.3 Å². The molecule has 1 aromatic heterocycles. The Morgan fingerprint density at radius 2 is 2.31 bits per heavy atom. The van der Waals surface area contributed by atoms with E-state index < -0.39 is 0 Å². The molecule has 0 saturated heterocycles. The number of carbonyl (C=O) groups is 1. The van der Waals surface area contributed by atoms with E-state index in [2.05, 4.69) is 4.98 Å². The van der Waals surface area contributed by atoms with Gasteiger partial charge in [-0.1, -0.05) is 0 Å². The smallest absolute Gasteiger partial charge is 0.168 e. The average molecular weight is 179 g/mol. The second kappa shape index (κ2) is 4.00. The number of nitrogens with two attached hydrogens (primary N) is 2. The average Bonchev–Trinajstić information content (AvgIpc) is 2.04. The molecule has 0 atom stereocenters. The molecule has 0 unspecified atom stereocenters. The van der Waals surface area contributed by atoms with E-state index in [4.69, 9.17) is 11.5 Å². The monoisotopic (exact) mass is 179 g/mol. The molecule has 0 radical (unpaired) electrons. The van der Waals surface area contributed by atoms with E-state index in [-0.39, 0.29) is 5.78 Å². The van der Waals surface area contributed by atoms with Gasteiger partial charge in [0, 0.05) is 12.6 Å². The number of carbonyl (C=O) groups excluding carboxylic acids is 1. The third-order valence-corrected chi connectivity index (χ3v) is 1.84. The predicted octanol–water partition coefficient (Wildman–Crippen LogP) is 0.504. The molecular weight excluding hydrogens is 166 g/mol. The number of aromatic nitrogens is 1. The first-order chi connectivity index (χ1) is 6.16. The van der Waals surface area contributed by atoms with Gasteiger partial charge in [0.2, 0.25) is 0 Å². The van der Waals surface area contributed by atoms with E-state index in [0.717, 1.165) is 5.56 Å². The van der Waals surface area contributed by atoms with Gasteiger partial charge in [-0.2, -0.15) is 0 Å². The summed E-state index contributed by atoms with van der Waals surface area (Å²) in [5.74, 6) is 0.254. The molecule has 4 N–H and O–H groups in total. The molecule has 0 bridgehead atoms. The minimum atomic E-state index is -0.0365. The predicted molar refractivity (Wildman–Crippen MR) is 51.4 cm³/mol. The largest absolute Gasteiger partial charge is 0.383 e. The Labute approximate surface area is 77.0 Å². The Morgan fingerprint density at radius 1 is 1.62 bits per heavy atom. The number of aryl methyl sites for hydroxylation is 1. The Morgan fingerprint density at radius 3 is 2.85 bits per heavy atom. The van der Waals surface area contributed by atoms with Crippen molar-refractivity contribution in [3.63, 3.8) is 0 Å². The summed E-state index contributed by atoms with van der Waals surface area (Å²) >= 11 is 0. The van der Waals surface area contributed by atoms with Crippen molar-refractivity contribution in [3.05, 3.63) is 23.4 Å². The summed E-state index contributed by atoms with van der Waals surface area (Å²) < 4.78 is 0. The number of anilines is 1. The van der Waals surface area contributed by atoms with Crippen LogP contribution in [-0.4, -0.2) is 17.3 Å².